The van der Waals surface area contributed by atoms with E-state index in [-0.39, 0.29) is 25.9 Å². The van der Waals surface area contributed by atoms with Crippen molar-refractivity contribution in [2.75, 3.05) is 0 Å². The molecule has 0 aromatic heterocycles. The molecule has 5 nitrogen and oxygen atoms in total. The number of hydrogen-bond donors (Lipinski definition) is 2. The van der Waals surface area contributed by atoms with Gasteiger partial charge in [-0.1, -0.05) is 71.1 Å². The minimum absolute atomic E-state index is 0. The zero-order chi connectivity index (χ0) is 15.3. The number of carbonyl (C=O) groups is 1. The predicted octanol–water partition coefficient (Wildman–Crippen LogP) is 4.32. The molecule has 0 heterocycles. The Morgan fingerprint density at radius 1 is 0.857 bits per heavy atom. The molecule has 0 fully saturated rings. The molecule has 7 heteroatoms. The van der Waals surface area contributed by atoms with Crippen LogP contribution >= 0.6 is 7.82 Å². The minimum Gasteiger partial charge on any atom is -0.371 e. The van der Waals surface area contributed by atoms with E-state index < -0.39 is 13.8 Å². The van der Waals surface area contributed by atoms with Gasteiger partial charge in [0.05, 0.1) is 0 Å². The summed E-state index contributed by atoms with van der Waals surface area (Å²) >= 11 is 0. The molecule has 0 rings (SSSR count). The van der Waals surface area contributed by atoms with Gasteiger partial charge in [-0.25, -0.2) is 4.57 Å². The molecule has 2 N–H and O–H groups in total. The van der Waals surface area contributed by atoms with Crippen LogP contribution in [0.2, 0.25) is 0 Å². The van der Waals surface area contributed by atoms with Crippen LogP contribution < -0.4 is 0 Å². The topological polar surface area (TPSA) is 83.8 Å². The maximum absolute atomic E-state index is 11.0. The average Bonchev–Trinajstić information content (AvgIpc) is 2.34. The molecule has 0 amide bonds. The van der Waals surface area contributed by atoms with Crippen LogP contribution in [0.1, 0.15) is 84.0 Å². The zero-order valence-electron chi connectivity index (χ0n) is 13.3. The predicted molar refractivity (Wildman–Crippen MR) is 79.2 cm³/mol. The van der Waals surface area contributed by atoms with Crippen LogP contribution in [0.25, 0.3) is 0 Å². The van der Waals surface area contributed by atoms with Gasteiger partial charge in [-0.15, -0.1) is 0 Å². The van der Waals surface area contributed by atoms with Crippen molar-refractivity contribution in [3.05, 3.63) is 0 Å². The quantitative estimate of drug-likeness (QED) is 0.285. The van der Waals surface area contributed by atoms with Gasteiger partial charge in [0, 0.05) is 25.9 Å². The summed E-state index contributed by atoms with van der Waals surface area (Å²) < 4.78 is 14.4. The molecule has 0 aliphatic carbocycles. The number of hydrogen-bond acceptors (Lipinski definition) is 3. The SMILES string of the molecule is CCCCCCCCCCCCCC(=O)OP(=O)(O)O.[Zn]. The second-order valence-electron chi connectivity index (χ2n) is 5.24. The van der Waals surface area contributed by atoms with Crippen molar-refractivity contribution >= 4 is 13.8 Å². The van der Waals surface area contributed by atoms with Gasteiger partial charge in [0.25, 0.3) is 0 Å². The molecule has 21 heavy (non-hydrogen) atoms. The zero-order valence-corrected chi connectivity index (χ0v) is 17.1. The third-order valence-corrected chi connectivity index (χ3v) is 3.65. The second-order valence-corrected chi connectivity index (χ2v) is 6.40. The summed E-state index contributed by atoms with van der Waals surface area (Å²) in [6.45, 7) is 2.22. The molecule has 0 aromatic carbocycles. The number of unbranched alkanes of at least 4 members (excludes halogenated alkanes) is 10. The minimum atomic E-state index is -4.65. The molecule has 0 atom stereocenters. The Kier molecular flexibility index (Phi) is 17.0. The van der Waals surface area contributed by atoms with E-state index >= 15 is 0 Å². The number of phosphoric ester groups is 1. The fourth-order valence-electron chi connectivity index (χ4n) is 2.11. The van der Waals surface area contributed by atoms with Crippen LogP contribution in [0.4, 0.5) is 0 Å². The molecular formula is C14H29O5PZn. The van der Waals surface area contributed by atoms with Crippen LogP contribution in [0.3, 0.4) is 0 Å². The molecular weight excluding hydrogens is 345 g/mol. The van der Waals surface area contributed by atoms with E-state index in [0.29, 0.717) is 6.42 Å². The molecule has 0 aromatic rings. The monoisotopic (exact) mass is 372 g/mol. The summed E-state index contributed by atoms with van der Waals surface area (Å²) in [4.78, 5) is 27.9. The third-order valence-electron chi connectivity index (χ3n) is 3.21. The van der Waals surface area contributed by atoms with E-state index in [1.165, 1.54) is 51.4 Å². The van der Waals surface area contributed by atoms with E-state index in [0.717, 1.165) is 12.8 Å². The number of phosphoric acid groups is 1. The van der Waals surface area contributed by atoms with E-state index in [1.54, 1.807) is 0 Å². The van der Waals surface area contributed by atoms with Gasteiger partial charge in [0.1, 0.15) is 0 Å². The Morgan fingerprint density at radius 2 is 1.24 bits per heavy atom. The summed E-state index contributed by atoms with van der Waals surface area (Å²) in [6, 6.07) is 0. The Labute approximate surface area is 141 Å². The summed E-state index contributed by atoms with van der Waals surface area (Å²) in [5, 5.41) is 0. The van der Waals surface area contributed by atoms with Crippen LogP contribution in [0.5, 0.6) is 0 Å². The largest absolute Gasteiger partial charge is 0.526 e. The Balaban J connectivity index is 0. The second kappa shape index (κ2) is 15.2. The van der Waals surface area contributed by atoms with Gasteiger partial charge in [0.2, 0.25) is 0 Å². The molecule has 122 valence electrons. The van der Waals surface area contributed by atoms with Crippen molar-refractivity contribution in [1.29, 1.82) is 0 Å². The summed E-state index contributed by atoms with van der Waals surface area (Å²) in [5.41, 5.74) is 0. The van der Waals surface area contributed by atoms with E-state index in [4.69, 9.17) is 9.79 Å². The standard InChI is InChI=1S/C14H29O5P.Zn/c1-2-3-4-5-6-7-8-9-10-11-12-13-14(15)19-20(16,17)18;/h2-13H2,1H3,(H2,16,17,18);. The third kappa shape index (κ3) is 20.2. The van der Waals surface area contributed by atoms with Gasteiger partial charge < -0.3 is 4.52 Å². The van der Waals surface area contributed by atoms with Crippen molar-refractivity contribution in [2.24, 2.45) is 0 Å². The molecule has 0 spiro atoms. The van der Waals surface area contributed by atoms with Crippen molar-refractivity contribution in [1.82, 2.24) is 0 Å². The van der Waals surface area contributed by atoms with Crippen LogP contribution in [0.15, 0.2) is 0 Å². The van der Waals surface area contributed by atoms with Gasteiger partial charge in [0.15, 0.2) is 0 Å². The van der Waals surface area contributed by atoms with E-state index in [9.17, 15) is 9.36 Å². The van der Waals surface area contributed by atoms with Gasteiger partial charge in [-0.3, -0.25) is 14.6 Å². The van der Waals surface area contributed by atoms with Gasteiger partial charge >= 0.3 is 13.8 Å². The Morgan fingerprint density at radius 3 is 1.62 bits per heavy atom. The molecule has 0 aliphatic rings. The first-order valence-electron chi connectivity index (χ1n) is 7.73. The first-order valence-corrected chi connectivity index (χ1v) is 9.26. The van der Waals surface area contributed by atoms with Crippen LogP contribution in [-0.4, -0.2) is 15.8 Å². The average molecular weight is 374 g/mol. The molecule has 0 aliphatic heterocycles. The molecule has 0 saturated heterocycles. The summed E-state index contributed by atoms with van der Waals surface area (Å²) in [7, 11) is -4.65. The van der Waals surface area contributed by atoms with Crippen molar-refractivity contribution in [3.63, 3.8) is 0 Å². The molecule has 0 unspecified atom stereocenters. The summed E-state index contributed by atoms with van der Waals surface area (Å²) in [6.07, 6.45) is 13.0. The molecule has 0 bridgehead atoms. The number of rotatable bonds is 13. The maximum Gasteiger partial charge on any atom is 0.526 e. The maximum atomic E-state index is 11.0. The van der Waals surface area contributed by atoms with Crippen molar-refractivity contribution < 1.29 is 43.1 Å². The Hall–Kier alpha value is 0.243. The number of carbonyl (C=O) groups excluding carboxylic acids is 1. The van der Waals surface area contributed by atoms with E-state index in [1.807, 2.05) is 0 Å². The first kappa shape index (κ1) is 23.5. The Bertz CT molecular complexity index is 293. The fraction of sp³-hybridized carbons (Fsp3) is 0.929. The van der Waals surface area contributed by atoms with Crippen molar-refractivity contribution in [3.8, 4) is 0 Å². The smallest absolute Gasteiger partial charge is 0.371 e. The molecule has 0 radical (unpaired) electrons. The van der Waals surface area contributed by atoms with Crippen molar-refractivity contribution in [2.45, 2.75) is 84.0 Å². The van der Waals surface area contributed by atoms with Crippen LogP contribution in [0, 0.1) is 0 Å². The van der Waals surface area contributed by atoms with E-state index in [2.05, 4.69) is 11.4 Å². The normalized spacial score (nSPS) is 11.0. The van der Waals surface area contributed by atoms with Gasteiger partial charge in [-0.2, -0.15) is 0 Å². The van der Waals surface area contributed by atoms with Crippen LogP contribution in [-0.2, 0) is 33.4 Å². The molecule has 0 saturated carbocycles. The fourth-order valence-corrected chi connectivity index (χ4v) is 2.47. The van der Waals surface area contributed by atoms with Gasteiger partial charge in [-0.05, 0) is 6.42 Å². The summed E-state index contributed by atoms with van der Waals surface area (Å²) in [5.74, 6) is -0.811. The first-order chi connectivity index (χ1) is 9.45.